The maximum Gasteiger partial charge on any atom is 0.357 e. The van der Waals surface area contributed by atoms with Crippen molar-refractivity contribution in [3.05, 3.63) is 30.4 Å². The van der Waals surface area contributed by atoms with Gasteiger partial charge in [0.2, 0.25) is 0 Å². The third-order valence-electron chi connectivity index (χ3n) is 3.20. The summed E-state index contributed by atoms with van der Waals surface area (Å²) in [5.41, 5.74) is 2.19. The van der Waals surface area contributed by atoms with Crippen molar-refractivity contribution in [2.45, 2.75) is 13.5 Å². The number of hydrogen-bond donors (Lipinski definition) is 1. The molecule has 0 fully saturated rings. The molecule has 3 rings (SSSR count). The number of fused-ring (bicyclic) bond motifs is 1. The normalized spacial score (nSPS) is 11.1. The Morgan fingerprint density at radius 1 is 1.45 bits per heavy atom. The van der Waals surface area contributed by atoms with Crippen LogP contribution in [-0.4, -0.2) is 35.6 Å². The van der Waals surface area contributed by atoms with E-state index in [1.807, 2.05) is 13.1 Å². The summed E-state index contributed by atoms with van der Waals surface area (Å²) in [5.74, 6) is -1.06. The molecule has 102 valence electrons. The summed E-state index contributed by atoms with van der Waals surface area (Å²) in [4.78, 5) is 15.6. The van der Waals surface area contributed by atoms with Crippen molar-refractivity contribution < 1.29 is 9.90 Å². The van der Waals surface area contributed by atoms with Crippen molar-refractivity contribution in [3.8, 4) is 11.1 Å². The van der Waals surface area contributed by atoms with Crippen LogP contribution in [0.2, 0.25) is 0 Å². The number of aromatic carboxylic acids is 1. The summed E-state index contributed by atoms with van der Waals surface area (Å²) in [5, 5.41) is 18.1. The third kappa shape index (κ3) is 1.75. The number of aryl methyl sites for hydroxylation is 2. The predicted molar refractivity (Wildman–Crippen MR) is 72.4 cm³/mol. The number of carboxylic acid groups (broad SMARTS) is 1. The first-order valence-corrected chi connectivity index (χ1v) is 6.19. The van der Waals surface area contributed by atoms with E-state index >= 15 is 0 Å². The number of carbonyl (C=O) groups is 1. The van der Waals surface area contributed by atoms with Crippen LogP contribution in [0, 0.1) is 0 Å². The van der Waals surface area contributed by atoms with Crippen molar-refractivity contribution in [2.75, 3.05) is 0 Å². The van der Waals surface area contributed by atoms with Gasteiger partial charge in [0.1, 0.15) is 0 Å². The molecule has 0 spiro atoms. The molecule has 3 aromatic rings. The fourth-order valence-electron chi connectivity index (χ4n) is 2.24. The van der Waals surface area contributed by atoms with E-state index in [1.54, 1.807) is 30.2 Å². The fraction of sp³-hybridized carbons (Fsp3) is 0.231. The monoisotopic (exact) mass is 271 g/mol. The van der Waals surface area contributed by atoms with E-state index in [0.717, 1.165) is 17.7 Å². The fourth-order valence-corrected chi connectivity index (χ4v) is 2.24. The van der Waals surface area contributed by atoms with Gasteiger partial charge in [-0.15, -0.1) is 0 Å². The zero-order valence-corrected chi connectivity index (χ0v) is 11.1. The smallest absolute Gasteiger partial charge is 0.357 e. The van der Waals surface area contributed by atoms with Gasteiger partial charge in [-0.1, -0.05) is 0 Å². The minimum atomic E-state index is -1.06. The Kier molecular flexibility index (Phi) is 2.74. The van der Waals surface area contributed by atoms with Crippen LogP contribution in [0.25, 0.3) is 22.2 Å². The van der Waals surface area contributed by atoms with Crippen LogP contribution in [0.5, 0.6) is 0 Å². The molecule has 0 atom stereocenters. The van der Waals surface area contributed by atoms with Crippen molar-refractivity contribution in [2.24, 2.45) is 7.05 Å². The summed E-state index contributed by atoms with van der Waals surface area (Å²) in [7, 11) is 1.68. The van der Waals surface area contributed by atoms with E-state index in [9.17, 15) is 9.90 Å². The molecule has 1 N–H and O–H groups in total. The highest BCUT2D eigenvalue weighted by Gasteiger charge is 2.20. The van der Waals surface area contributed by atoms with Gasteiger partial charge in [0.05, 0.1) is 11.6 Å². The second-order valence-corrected chi connectivity index (χ2v) is 4.42. The Morgan fingerprint density at radius 2 is 2.25 bits per heavy atom. The molecule has 0 radical (unpaired) electrons. The lowest BCUT2D eigenvalue weighted by Gasteiger charge is -2.00. The molecule has 0 saturated carbocycles. The summed E-state index contributed by atoms with van der Waals surface area (Å²) in [6, 6.07) is 1.79. The Morgan fingerprint density at radius 3 is 2.90 bits per heavy atom. The van der Waals surface area contributed by atoms with Crippen LogP contribution in [0.4, 0.5) is 0 Å². The maximum atomic E-state index is 11.3. The number of carboxylic acids is 1. The molecule has 0 bridgehead atoms. The Bertz CT molecular complexity index is 802. The molecule has 0 amide bonds. The van der Waals surface area contributed by atoms with Gasteiger partial charge >= 0.3 is 5.97 Å². The van der Waals surface area contributed by atoms with Crippen molar-refractivity contribution >= 4 is 17.0 Å². The Balaban J connectivity index is 2.32. The van der Waals surface area contributed by atoms with Crippen LogP contribution in [-0.2, 0) is 13.6 Å². The van der Waals surface area contributed by atoms with Gasteiger partial charge in [0.15, 0.2) is 11.3 Å². The van der Waals surface area contributed by atoms with E-state index in [1.165, 1.54) is 4.68 Å². The van der Waals surface area contributed by atoms with Crippen LogP contribution in [0.1, 0.15) is 17.4 Å². The second kappa shape index (κ2) is 4.44. The summed E-state index contributed by atoms with van der Waals surface area (Å²) < 4.78 is 3.27. The lowest BCUT2D eigenvalue weighted by atomic mass is 10.1. The highest BCUT2D eigenvalue weighted by atomic mass is 16.4. The molecular formula is C13H13N5O2. The van der Waals surface area contributed by atoms with Crippen molar-refractivity contribution in [1.82, 2.24) is 24.5 Å². The van der Waals surface area contributed by atoms with E-state index in [2.05, 4.69) is 15.2 Å². The van der Waals surface area contributed by atoms with E-state index in [4.69, 9.17) is 0 Å². The van der Waals surface area contributed by atoms with Crippen LogP contribution < -0.4 is 0 Å². The van der Waals surface area contributed by atoms with Gasteiger partial charge in [0.25, 0.3) is 0 Å². The molecular weight excluding hydrogens is 258 g/mol. The number of rotatable bonds is 3. The number of nitrogens with zero attached hydrogens (tertiary/aromatic N) is 5. The predicted octanol–water partition coefficient (Wildman–Crippen LogP) is 1.55. The first kappa shape index (κ1) is 12.3. The lowest BCUT2D eigenvalue weighted by molar-refractivity contribution is 0.0691. The van der Waals surface area contributed by atoms with E-state index < -0.39 is 5.97 Å². The minimum Gasteiger partial charge on any atom is -0.476 e. The number of hydrogen-bond acceptors (Lipinski definition) is 4. The summed E-state index contributed by atoms with van der Waals surface area (Å²) >= 11 is 0. The molecule has 0 aliphatic heterocycles. The molecule has 3 aromatic heterocycles. The second-order valence-electron chi connectivity index (χ2n) is 4.42. The van der Waals surface area contributed by atoms with Gasteiger partial charge in [0, 0.05) is 31.5 Å². The topological polar surface area (TPSA) is 85.8 Å². The molecule has 0 unspecified atom stereocenters. The van der Waals surface area contributed by atoms with Crippen molar-refractivity contribution in [1.29, 1.82) is 0 Å². The van der Waals surface area contributed by atoms with Gasteiger partial charge in [-0.05, 0) is 18.6 Å². The van der Waals surface area contributed by atoms with Crippen molar-refractivity contribution in [3.63, 3.8) is 0 Å². The average molecular weight is 271 g/mol. The molecule has 20 heavy (non-hydrogen) atoms. The zero-order valence-electron chi connectivity index (χ0n) is 11.1. The molecule has 0 saturated heterocycles. The minimum absolute atomic E-state index is 0.00912. The summed E-state index contributed by atoms with van der Waals surface area (Å²) in [6.07, 6.45) is 5.25. The molecule has 7 nitrogen and oxygen atoms in total. The number of pyridine rings is 1. The van der Waals surface area contributed by atoms with Gasteiger partial charge in [-0.25, -0.2) is 14.5 Å². The third-order valence-corrected chi connectivity index (χ3v) is 3.20. The average Bonchev–Trinajstić information content (AvgIpc) is 3.04. The van der Waals surface area contributed by atoms with Crippen LogP contribution in [0.15, 0.2) is 24.7 Å². The molecule has 0 aromatic carbocycles. The van der Waals surface area contributed by atoms with Gasteiger partial charge in [-0.3, -0.25) is 4.68 Å². The molecule has 0 aliphatic rings. The summed E-state index contributed by atoms with van der Waals surface area (Å²) in [6.45, 7) is 2.75. The maximum absolute atomic E-state index is 11.3. The first-order chi connectivity index (χ1) is 9.61. The Labute approximate surface area is 114 Å². The standard InChI is InChI=1S/C13H13N5O2/c1-3-18-7-8(6-15-18)9-4-5-14-12-10(9)11(13(19)20)16-17(12)2/h4-7H,3H2,1-2H3,(H,19,20). The SMILES string of the molecule is CCn1cc(-c2ccnc3c2c(C(=O)O)nn3C)cn1. The van der Waals surface area contributed by atoms with Crippen LogP contribution >= 0.6 is 0 Å². The molecule has 0 aliphatic carbocycles. The quantitative estimate of drug-likeness (QED) is 0.781. The van der Waals surface area contributed by atoms with E-state index in [-0.39, 0.29) is 5.69 Å². The molecule has 7 heteroatoms. The zero-order chi connectivity index (χ0) is 14.3. The Hall–Kier alpha value is -2.70. The first-order valence-electron chi connectivity index (χ1n) is 6.19. The number of aromatic nitrogens is 5. The molecule has 3 heterocycles. The highest BCUT2D eigenvalue weighted by molar-refractivity contribution is 6.06. The highest BCUT2D eigenvalue weighted by Crippen LogP contribution is 2.29. The van der Waals surface area contributed by atoms with Gasteiger partial charge < -0.3 is 5.11 Å². The largest absolute Gasteiger partial charge is 0.476 e. The van der Waals surface area contributed by atoms with E-state index in [0.29, 0.717) is 11.0 Å². The lowest BCUT2D eigenvalue weighted by Crippen LogP contribution is -1.99. The van der Waals surface area contributed by atoms with Crippen LogP contribution in [0.3, 0.4) is 0 Å². The van der Waals surface area contributed by atoms with Gasteiger partial charge in [-0.2, -0.15) is 10.2 Å².